The molecule has 1 fully saturated rings. The van der Waals surface area contributed by atoms with Gasteiger partial charge in [-0.1, -0.05) is 12.1 Å². The van der Waals surface area contributed by atoms with Crippen LogP contribution >= 0.6 is 0 Å². The summed E-state index contributed by atoms with van der Waals surface area (Å²) in [6.07, 6.45) is 4.23. The Balaban J connectivity index is 1.99. The van der Waals surface area contributed by atoms with Crippen molar-refractivity contribution in [1.82, 2.24) is 9.47 Å². The van der Waals surface area contributed by atoms with Crippen LogP contribution in [0.2, 0.25) is 0 Å². The number of hydrogen-bond acceptors (Lipinski definition) is 3. The zero-order valence-electron chi connectivity index (χ0n) is 16.0. The number of nitrogens with zero attached hydrogens (tertiary/aromatic N) is 2. The van der Waals surface area contributed by atoms with E-state index in [1.165, 1.54) is 22.0 Å². The molecule has 1 aliphatic carbocycles. The van der Waals surface area contributed by atoms with Crippen LogP contribution in [0.3, 0.4) is 0 Å². The molecular weight excluding hydrogens is 312 g/mol. The highest BCUT2D eigenvalue weighted by molar-refractivity contribution is 5.90. The van der Waals surface area contributed by atoms with Crippen molar-refractivity contribution in [3.63, 3.8) is 0 Å². The van der Waals surface area contributed by atoms with E-state index in [-0.39, 0.29) is 23.7 Å². The molecule has 2 heterocycles. The van der Waals surface area contributed by atoms with Gasteiger partial charge in [-0.05, 0) is 63.8 Å². The molecule has 0 saturated carbocycles. The Kier molecular flexibility index (Phi) is 3.80. The second-order valence-electron chi connectivity index (χ2n) is 8.90. The van der Waals surface area contributed by atoms with E-state index in [2.05, 4.69) is 61.7 Å². The summed E-state index contributed by atoms with van der Waals surface area (Å²) in [5.74, 6) is 0.253. The van der Waals surface area contributed by atoms with Crippen molar-refractivity contribution >= 4 is 10.9 Å². The van der Waals surface area contributed by atoms with Crippen molar-refractivity contribution in [2.75, 3.05) is 27.3 Å². The number of benzene rings is 1. The highest BCUT2D eigenvalue weighted by Gasteiger charge is 2.51. The Bertz CT molecular complexity index is 804. The number of aliphatic hydroxyl groups is 1. The lowest BCUT2D eigenvalue weighted by molar-refractivity contribution is -0.130. The fourth-order valence-electron chi connectivity index (χ4n) is 5.22. The minimum absolute atomic E-state index is 0.0460. The number of aliphatic hydroxyl groups excluding tert-OH is 1. The molecule has 4 heteroatoms. The van der Waals surface area contributed by atoms with Gasteiger partial charge in [0.05, 0.1) is 0 Å². The van der Waals surface area contributed by atoms with Crippen molar-refractivity contribution in [2.45, 2.75) is 50.8 Å². The van der Waals surface area contributed by atoms with Crippen molar-refractivity contribution in [3.05, 3.63) is 35.5 Å². The first-order valence-corrected chi connectivity index (χ1v) is 9.32. The molecule has 136 valence electrons. The molecule has 0 bridgehead atoms. The SMILES string of the molecule is COC12C[C@H](CO)CN(C)[C@@H]1Cc1cn(C(C)(C)C)c3cccc2c13. The molecule has 2 aromatic rings. The summed E-state index contributed by atoms with van der Waals surface area (Å²) in [7, 11) is 4.01. The van der Waals surface area contributed by atoms with Gasteiger partial charge in [-0.15, -0.1) is 0 Å². The van der Waals surface area contributed by atoms with Crippen LogP contribution < -0.4 is 0 Å². The summed E-state index contributed by atoms with van der Waals surface area (Å²) in [4.78, 5) is 2.39. The van der Waals surface area contributed by atoms with Gasteiger partial charge in [0, 0.05) is 48.9 Å². The molecule has 1 aromatic heterocycles. The van der Waals surface area contributed by atoms with E-state index in [1.54, 1.807) is 0 Å². The third kappa shape index (κ3) is 2.31. The number of hydrogen-bond donors (Lipinski definition) is 1. The van der Waals surface area contributed by atoms with Gasteiger partial charge >= 0.3 is 0 Å². The number of ether oxygens (including phenoxy) is 1. The van der Waals surface area contributed by atoms with Crippen molar-refractivity contribution in [2.24, 2.45) is 5.92 Å². The van der Waals surface area contributed by atoms with Gasteiger partial charge in [0.25, 0.3) is 0 Å². The maximum absolute atomic E-state index is 9.82. The molecule has 25 heavy (non-hydrogen) atoms. The lowest BCUT2D eigenvalue weighted by atomic mass is 9.69. The van der Waals surface area contributed by atoms with Crippen LogP contribution in [0.4, 0.5) is 0 Å². The van der Waals surface area contributed by atoms with E-state index in [1.807, 2.05) is 7.11 Å². The molecule has 1 unspecified atom stereocenters. The van der Waals surface area contributed by atoms with E-state index < -0.39 is 0 Å². The Morgan fingerprint density at radius 1 is 1.32 bits per heavy atom. The predicted molar refractivity (Wildman–Crippen MR) is 101 cm³/mol. The average molecular weight is 342 g/mol. The number of methoxy groups -OCH3 is 1. The highest BCUT2D eigenvalue weighted by Crippen LogP contribution is 2.50. The number of fused-ring (bicyclic) bond motifs is 2. The van der Waals surface area contributed by atoms with Crippen LogP contribution in [0.1, 0.15) is 38.3 Å². The number of rotatable bonds is 2. The van der Waals surface area contributed by atoms with Crippen molar-refractivity contribution in [3.8, 4) is 0 Å². The summed E-state index contributed by atoms with van der Waals surface area (Å²) in [5.41, 5.74) is 3.73. The predicted octanol–water partition coefficient (Wildman–Crippen LogP) is 3.11. The molecule has 0 spiro atoms. The monoisotopic (exact) mass is 342 g/mol. The van der Waals surface area contributed by atoms with Crippen LogP contribution in [0.5, 0.6) is 0 Å². The molecule has 1 aliphatic heterocycles. The first-order valence-electron chi connectivity index (χ1n) is 9.32. The molecule has 1 N–H and O–H groups in total. The standard InChI is InChI=1S/C21H30N2O2/c1-20(2,3)23-12-15-9-18-21(25-5,10-14(13-24)11-22(18)4)16-7-6-8-17(23)19(15)16/h6-8,12,14,18,24H,9-11,13H2,1-5H3/t14-,18+,21?/m0/s1. The van der Waals surface area contributed by atoms with Gasteiger partial charge in [0.1, 0.15) is 5.60 Å². The zero-order valence-corrected chi connectivity index (χ0v) is 16.0. The number of aromatic nitrogens is 1. The van der Waals surface area contributed by atoms with E-state index in [0.717, 1.165) is 19.4 Å². The third-order valence-electron chi connectivity index (χ3n) is 6.33. The van der Waals surface area contributed by atoms with E-state index >= 15 is 0 Å². The van der Waals surface area contributed by atoms with E-state index in [4.69, 9.17) is 4.74 Å². The molecule has 0 radical (unpaired) electrons. The molecule has 1 aromatic carbocycles. The summed E-state index contributed by atoms with van der Waals surface area (Å²) in [6.45, 7) is 7.92. The minimum Gasteiger partial charge on any atom is -0.396 e. The van der Waals surface area contributed by atoms with E-state index in [0.29, 0.717) is 6.04 Å². The van der Waals surface area contributed by atoms with Gasteiger partial charge in [-0.25, -0.2) is 0 Å². The van der Waals surface area contributed by atoms with Crippen LogP contribution in [-0.2, 0) is 22.3 Å². The Morgan fingerprint density at radius 2 is 2.08 bits per heavy atom. The fourth-order valence-corrected chi connectivity index (χ4v) is 5.22. The van der Waals surface area contributed by atoms with Gasteiger partial charge < -0.3 is 14.4 Å². The van der Waals surface area contributed by atoms with Crippen molar-refractivity contribution in [1.29, 1.82) is 0 Å². The second kappa shape index (κ2) is 5.57. The Hall–Kier alpha value is -1.36. The maximum Gasteiger partial charge on any atom is 0.110 e. The lowest BCUT2D eigenvalue weighted by Gasteiger charge is -2.52. The minimum atomic E-state index is -0.336. The Labute approximate surface area is 150 Å². The number of piperidine rings is 1. The number of likely N-dealkylation sites (tertiary alicyclic amines) is 1. The molecular formula is C21H30N2O2. The number of likely N-dealkylation sites (N-methyl/N-ethyl adjacent to an activating group) is 1. The second-order valence-corrected chi connectivity index (χ2v) is 8.90. The summed E-state index contributed by atoms with van der Waals surface area (Å²) in [6, 6.07) is 6.94. The van der Waals surface area contributed by atoms with Crippen LogP contribution in [0, 0.1) is 5.92 Å². The highest BCUT2D eigenvalue weighted by atomic mass is 16.5. The summed E-state index contributed by atoms with van der Waals surface area (Å²) in [5, 5.41) is 11.2. The first-order chi connectivity index (χ1) is 11.8. The molecule has 1 saturated heterocycles. The zero-order chi connectivity index (χ0) is 18.0. The molecule has 3 atom stereocenters. The molecule has 0 amide bonds. The smallest absolute Gasteiger partial charge is 0.110 e. The normalized spacial score (nSPS) is 29.8. The molecule has 4 rings (SSSR count). The van der Waals surface area contributed by atoms with E-state index in [9.17, 15) is 5.11 Å². The third-order valence-corrected chi connectivity index (χ3v) is 6.33. The first kappa shape index (κ1) is 17.1. The quantitative estimate of drug-likeness (QED) is 0.911. The summed E-state index contributed by atoms with van der Waals surface area (Å²) >= 11 is 0. The lowest BCUT2D eigenvalue weighted by Crippen LogP contribution is -2.59. The van der Waals surface area contributed by atoms with Crippen LogP contribution in [0.25, 0.3) is 10.9 Å². The fraction of sp³-hybridized carbons (Fsp3) is 0.619. The maximum atomic E-state index is 9.82. The topological polar surface area (TPSA) is 37.6 Å². The van der Waals surface area contributed by atoms with Crippen LogP contribution in [-0.4, -0.2) is 47.9 Å². The largest absolute Gasteiger partial charge is 0.396 e. The van der Waals surface area contributed by atoms with Gasteiger partial charge in [-0.3, -0.25) is 4.90 Å². The van der Waals surface area contributed by atoms with Gasteiger partial charge in [-0.2, -0.15) is 0 Å². The Morgan fingerprint density at radius 3 is 2.72 bits per heavy atom. The summed E-state index contributed by atoms with van der Waals surface area (Å²) < 4.78 is 8.67. The van der Waals surface area contributed by atoms with Crippen molar-refractivity contribution < 1.29 is 9.84 Å². The molecule has 4 nitrogen and oxygen atoms in total. The average Bonchev–Trinajstić information content (AvgIpc) is 2.96. The van der Waals surface area contributed by atoms with Gasteiger partial charge in [0.15, 0.2) is 0 Å². The molecule has 2 aliphatic rings. The van der Waals surface area contributed by atoms with Gasteiger partial charge in [0.2, 0.25) is 0 Å². The van der Waals surface area contributed by atoms with Crippen LogP contribution in [0.15, 0.2) is 24.4 Å².